The summed E-state index contributed by atoms with van der Waals surface area (Å²) in [6, 6.07) is 8.32. The molecule has 0 aliphatic rings. The van der Waals surface area contributed by atoms with Gasteiger partial charge >= 0.3 is 0 Å². The Bertz CT molecular complexity index is 1230. The van der Waals surface area contributed by atoms with Gasteiger partial charge in [0.25, 0.3) is 0 Å². The Morgan fingerprint density at radius 2 is 1.65 bits per heavy atom. The number of methoxy groups -OCH3 is 1. The predicted molar refractivity (Wildman–Crippen MR) is 149 cm³/mol. The van der Waals surface area contributed by atoms with Crippen molar-refractivity contribution in [1.29, 1.82) is 0 Å². The van der Waals surface area contributed by atoms with Crippen LogP contribution < -0.4 is 14.4 Å². The van der Waals surface area contributed by atoms with Gasteiger partial charge in [0.1, 0.15) is 18.3 Å². The molecule has 0 saturated carbocycles. The summed E-state index contributed by atoms with van der Waals surface area (Å²) in [5.74, 6) is -0.734. The fourth-order valence-electron chi connectivity index (χ4n) is 3.65. The molecule has 0 aliphatic carbocycles. The second-order valence-corrected chi connectivity index (χ2v) is 11.8. The first-order valence-electron chi connectivity index (χ1n) is 11.7. The third-order valence-corrected chi connectivity index (χ3v) is 7.78. The monoisotopic (exact) mass is 591 g/mol. The van der Waals surface area contributed by atoms with Crippen LogP contribution in [-0.4, -0.2) is 57.1 Å². The number of carbonyl (C=O) groups is 2. The molecule has 0 aliphatic heterocycles. The highest BCUT2D eigenvalue weighted by atomic mass is 35.5. The number of rotatable bonds is 12. The molecular formula is C25H32Cl3N3O5S. The molecule has 2 aromatic carbocycles. The molecule has 12 heteroatoms. The van der Waals surface area contributed by atoms with Gasteiger partial charge in [-0.05, 0) is 55.7 Å². The van der Waals surface area contributed by atoms with Gasteiger partial charge in [0, 0.05) is 27.7 Å². The van der Waals surface area contributed by atoms with Crippen molar-refractivity contribution >= 4 is 62.3 Å². The van der Waals surface area contributed by atoms with Gasteiger partial charge in [-0.25, -0.2) is 8.42 Å². The molecule has 0 heterocycles. The lowest BCUT2D eigenvalue weighted by atomic mass is 10.1. The fraction of sp³-hybridized carbons (Fsp3) is 0.440. The minimum atomic E-state index is -3.96. The highest BCUT2D eigenvalue weighted by molar-refractivity contribution is 7.92. The van der Waals surface area contributed by atoms with E-state index in [1.54, 1.807) is 31.2 Å². The molecule has 0 bridgehead atoms. The van der Waals surface area contributed by atoms with Crippen LogP contribution in [0.1, 0.15) is 39.2 Å². The van der Waals surface area contributed by atoms with Crippen molar-refractivity contribution in [2.45, 2.75) is 52.2 Å². The maximum absolute atomic E-state index is 13.8. The number of hydrogen-bond donors (Lipinski definition) is 1. The number of hydrogen-bond acceptors (Lipinski definition) is 5. The molecule has 0 saturated heterocycles. The Morgan fingerprint density at radius 3 is 2.19 bits per heavy atom. The number of ether oxygens (including phenoxy) is 1. The SMILES string of the molecule is CCC(C)NC(=O)C(CC)N(Cc1ccc(Cl)cc1Cl)C(=O)CN(c1cc(Cl)ccc1OC)S(C)(=O)=O. The number of sulfonamides is 1. The molecular weight excluding hydrogens is 561 g/mol. The van der Waals surface area contributed by atoms with Crippen molar-refractivity contribution in [3.8, 4) is 5.75 Å². The zero-order chi connectivity index (χ0) is 27.9. The van der Waals surface area contributed by atoms with Gasteiger partial charge < -0.3 is 15.0 Å². The molecule has 0 fully saturated rings. The van der Waals surface area contributed by atoms with Crippen LogP contribution in [0, 0.1) is 0 Å². The van der Waals surface area contributed by atoms with Crippen molar-refractivity contribution in [2.24, 2.45) is 0 Å². The van der Waals surface area contributed by atoms with Crippen LogP contribution in [0.15, 0.2) is 36.4 Å². The van der Waals surface area contributed by atoms with E-state index in [9.17, 15) is 18.0 Å². The van der Waals surface area contributed by atoms with Crippen LogP contribution in [0.25, 0.3) is 0 Å². The Hall–Kier alpha value is -2.20. The van der Waals surface area contributed by atoms with E-state index < -0.39 is 28.5 Å². The van der Waals surface area contributed by atoms with E-state index >= 15 is 0 Å². The van der Waals surface area contributed by atoms with Gasteiger partial charge in [0.15, 0.2) is 0 Å². The third-order valence-electron chi connectivity index (χ3n) is 5.83. The van der Waals surface area contributed by atoms with Gasteiger partial charge in [0.05, 0.1) is 19.1 Å². The molecule has 0 radical (unpaired) electrons. The van der Waals surface area contributed by atoms with E-state index in [1.165, 1.54) is 24.1 Å². The van der Waals surface area contributed by atoms with E-state index in [0.29, 0.717) is 28.5 Å². The van der Waals surface area contributed by atoms with Gasteiger partial charge in [-0.3, -0.25) is 13.9 Å². The molecule has 0 spiro atoms. The summed E-state index contributed by atoms with van der Waals surface area (Å²) in [5, 5.41) is 3.91. The van der Waals surface area contributed by atoms with Crippen LogP contribution in [0.3, 0.4) is 0 Å². The van der Waals surface area contributed by atoms with Crippen LogP contribution in [0.2, 0.25) is 15.1 Å². The maximum Gasteiger partial charge on any atom is 0.244 e. The minimum absolute atomic E-state index is 0.0362. The number of nitrogens with zero attached hydrogens (tertiary/aromatic N) is 2. The summed E-state index contributed by atoms with van der Waals surface area (Å²) in [6.07, 6.45) is 1.97. The Kier molecular flexibility index (Phi) is 11.4. The molecule has 204 valence electrons. The van der Waals surface area contributed by atoms with E-state index in [0.717, 1.165) is 10.6 Å². The largest absolute Gasteiger partial charge is 0.495 e. The zero-order valence-corrected chi connectivity index (χ0v) is 24.5. The lowest BCUT2D eigenvalue weighted by molar-refractivity contribution is -0.140. The minimum Gasteiger partial charge on any atom is -0.495 e. The quantitative estimate of drug-likeness (QED) is 0.368. The summed E-state index contributed by atoms with van der Waals surface area (Å²) in [5.41, 5.74) is 0.660. The standard InChI is InChI=1S/C25H32Cl3N3O5S/c1-6-16(3)29-25(33)21(7-2)30(14-17-8-9-18(26)12-20(17)28)24(32)15-31(37(5,34)35)22-13-19(27)10-11-23(22)36-4/h8-13,16,21H,6-7,14-15H2,1-5H3,(H,29,33). The molecule has 2 aromatic rings. The summed E-state index contributed by atoms with van der Waals surface area (Å²) in [4.78, 5) is 28.3. The summed E-state index contributed by atoms with van der Waals surface area (Å²) in [6.45, 7) is 4.95. The smallest absolute Gasteiger partial charge is 0.244 e. The number of amides is 2. The van der Waals surface area contributed by atoms with E-state index in [4.69, 9.17) is 39.5 Å². The maximum atomic E-state index is 13.8. The zero-order valence-electron chi connectivity index (χ0n) is 21.4. The average molecular weight is 593 g/mol. The summed E-state index contributed by atoms with van der Waals surface area (Å²) < 4.78 is 31.9. The number of carbonyl (C=O) groups excluding carboxylic acids is 2. The highest BCUT2D eigenvalue weighted by Crippen LogP contribution is 2.33. The Morgan fingerprint density at radius 1 is 1.03 bits per heavy atom. The van der Waals surface area contributed by atoms with E-state index in [-0.39, 0.29) is 35.0 Å². The van der Waals surface area contributed by atoms with Crippen LogP contribution in [0.4, 0.5) is 5.69 Å². The topological polar surface area (TPSA) is 96.0 Å². The summed E-state index contributed by atoms with van der Waals surface area (Å²) >= 11 is 18.5. The van der Waals surface area contributed by atoms with E-state index in [1.807, 2.05) is 13.8 Å². The second-order valence-electron chi connectivity index (χ2n) is 8.59. The Labute approximate surface area is 233 Å². The van der Waals surface area contributed by atoms with E-state index in [2.05, 4.69) is 5.32 Å². The highest BCUT2D eigenvalue weighted by Gasteiger charge is 2.33. The van der Waals surface area contributed by atoms with Crippen LogP contribution in [-0.2, 0) is 26.2 Å². The fourth-order valence-corrected chi connectivity index (χ4v) is 5.13. The lowest BCUT2D eigenvalue weighted by Gasteiger charge is -2.33. The van der Waals surface area contributed by atoms with Crippen molar-refractivity contribution < 1.29 is 22.7 Å². The molecule has 0 aromatic heterocycles. The Balaban J connectivity index is 2.55. The van der Waals surface area contributed by atoms with Crippen molar-refractivity contribution in [3.63, 3.8) is 0 Å². The van der Waals surface area contributed by atoms with Crippen molar-refractivity contribution in [3.05, 3.63) is 57.0 Å². The predicted octanol–water partition coefficient (Wildman–Crippen LogP) is 5.14. The molecule has 37 heavy (non-hydrogen) atoms. The van der Waals surface area contributed by atoms with Gasteiger partial charge in [0.2, 0.25) is 21.8 Å². The molecule has 2 amide bonds. The van der Waals surface area contributed by atoms with Gasteiger partial charge in [-0.1, -0.05) is 54.7 Å². The van der Waals surface area contributed by atoms with Gasteiger partial charge in [-0.15, -0.1) is 0 Å². The second kappa shape index (κ2) is 13.6. The molecule has 2 unspecified atom stereocenters. The first kappa shape index (κ1) is 31.0. The molecule has 8 nitrogen and oxygen atoms in total. The number of nitrogens with one attached hydrogen (secondary N) is 1. The molecule has 2 rings (SSSR count). The van der Waals surface area contributed by atoms with Crippen molar-refractivity contribution in [2.75, 3.05) is 24.2 Å². The van der Waals surface area contributed by atoms with Crippen molar-refractivity contribution in [1.82, 2.24) is 10.2 Å². The molecule has 1 N–H and O–H groups in total. The average Bonchev–Trinajstić information content (AvgIpc) is 2.82. The van der Waals surface area contributed by atoms with Gasteiger partial charge in [-0.2, -0.15) is 0 Å². The number of benzene rings is 2. The van der Waals surface area contributed by atoms with Crippen LogP contribution >= 0.6 is 34.8 Å². The lowest BCUT2D eigenvalue weighted by Crippen LogP contribution is -2.53. The normalized spacial score (nSPS) is 13.0. The van der Waals surface area contributed by atoms with Crippen LogP contribution in [0.5, 0.6) is 5.75 Å². The first-order chi connectivity index (χ1) is 17.3. The number of halogens is 3. The molecule has 2 atom stereocenters. The third kappa shape index (κ3) is 8.40. The summed E-state index contributed by atoms with van der Waals surface area (Å²) in [7, 11) is -2.57. The first-order valence-corrected chi connectivity index (χ1v) is 14.7. The number of anilines is 1.